The minimum atomic E-state index is -0.558. The Morgan fingerprint density at radius 3 is 2.62 bits per heavy atom. The van der Waals surface area contributed by atoms with Crippen molar-refractivity contribution in [2.75, 3.05) is 26.3 Å². The average Bonchev–Trinajstić information content (AvgIpc) is 2.99. The smallest absolute Gasteiger partial charge is 0.259 e. The lowest BCUT2D eigenvalue weighted by atomic mass is 9.97. The summed E-state index contributed by atoms with van der Waals surface area (Å²) in [5.74, 6) is 1.58. The number of rotatable bonds is 10. The topological polar surface area (TPSA) is 78.5 Å². The molecule has 1 aliphatic carbocycles. The number of H-pyrrole nitrogens is 1. The summed E-state index contributed by atoms with van der Waals surface area (Å²) in [7, 11) is 0. The number of nitrogens with one attached hydrogen (secondary N) is 1. The highest BCUT2D eigenvalue weighted by Crippen LogP contribution is 2.33. The molecule has 2 aromatic heterocycles. The van der Waals surface area contributed by atoms with Gasteiger partial charge < -0.3 is 14.8 Å². The first-order valence-electron chi connectivity index (χ1n) is 10.8. The van der Waals surface area contributed by atoms with Crippen LogP contribution in [-0.4, -0.2) is 52.4 Å². The molecule has 0 bridgehead atoms. The molecule has 1 atom stereocenters. The number of aromatic amines is 1. The molecule has 0 spiro atoms. The average molecular weight is 422 g/mol. The maximum Gasteiger partial charge on any atom is 0.259 e. The summed E-state index contributed by atoms with van der Waals surface area (Å²) in [6.45, 7) is 11.3. The van der Waals surface area contributed by atoms with Crippen LogP contribution in [0.25, 0.3) is 10.2 Å². The predicted molar refractivity (Wildman–Crippen MR) is 119 cm³/mol. The molecule has 162 valence electrons. The summed E-state index contributed by atoms with van der Waals surface area (Å²) in [5.41, 5.74) is 1.20. The summed E-state index contributed by atoms with van der Waals surface area (Å²) in [6, 6.07) is 0. The molecule has 0 aliphatic heterocycles. The zero-order valence-electron chi connectivity index (χ0n) is 18.2. The monoisotopic (exact) mass is 421 g/mol. The Kier molecular flexibility index (Phi) is 7.85. The molecule has 1 aliphatic rings. The SMILES string of the molecule is CC(C)COC[C@H](O)CN(Cc1nc2sc3c(c2c(=O)[nH]1)CCCC3)CC(C)C. The number of nitrogens with zero attached hydrogens (tertiary/aromatic N) is 2. The first-order chi connectivity index (χ1) is 13.8. The predicted octanol–water partition coefficient (Wildman–Crippen LogP) is 3.35. The maximum absolute atomic E-state index is 12.8. The lowest BCUT2D eigenvalue weighted by Crippen LogP contribution is -2.37. The highest BCUT2D eigenvalue weighted by atomic mass is 32.1. The largest absolute Gasteiger partial charge is 0.389 e. The van der Waals surface area contributed by atoms with E-state index in [1.807, 2.05) is 0 Å². The van der Waals surface area contributed by atoms with E-state index in [-0.39, 0.29) is 5.56 Å². The van der Waals surface area contributed by atoms with Gasteiger partial charge in [0.2, 0.25) is 0 Å². The highest BCUT2D eigenvalue weighted by Gasteiger charge is 2.21. The number of aryl methyl sites for hydroxylation is 2. The van der Waals surface area contributed by atoms with Crippen molar-refractivity contribution < 1.29 is 9.84 Å². The zero-order chi connectivity index (χ0) is 21.0. The molecule has 2 N–H and O–H groups in total. The maximum atomic E-state index is 12.8. The second kappa shape index (κ2) is 10.2. The van der Waals surface area contributed by atoms with Gasteiger partial charge in [-0.05, 0) is 43.1 Å². The van der Waals surface area contributed by atoms with Crippen molar-refractivity contribution in [2.45, 2.75) is 66.0 Å². The van der Waals surface area contributed by atoms with Gasteiger partial charge in [0.25, 0.3) is 5.56 Å². The first kappa shape index (κ1) is 22.4. The van der Waals surface area contributed by atoms with Gasteiger partial charge in [0.05, 0.1) is 24.6 Å². The van der Waals surface area contributed by atoms with Crippen LogP contribution in [0.5, 0.6) is 0 Å². The molecule has 3 rings (SSSR count). The van der Waals surface area contributed by atoms with E-state index in [0.717, 1.165) is 36.0 Å². The minimum absolute atomic E-state index is 0.0188. The van der Waals surface area contributed by atoms with Gasteiger partial charge in [-0.2, -0.15) is 0 Å². The Labute approximate surface area is 177 Å². The molecule has 2 heterocycles. The number of aliphatic hydroxyl groups is 1. The fourth-order valence-electron chi connectivity index (χ4n) is 4.01. The van der Waals surface area contributed by atoms with Crippen LogP contribution in [0.3, 0.4) is 0 Å². The molecule has 0 aromatic carbocycles. The van der Waals surface area contributed by atoms with E-state index in [0.29, 0.717) is 44.0 Å². The number of aromatic nitrogens is 2. The van der Waals surface area contributed by atoms with Crippen LogP contribution < -0.4 is 5.56 Å². The lowest BCUT2D eigenvalue weighted by Gasteiger charge is -2.26. The van der Waals surface area contributed by atoms with E-state index in [1.54, 1.807) is 11.3 Å². The lowest BCUT2D eigenvalue weighted by molar-refractivity contribution is 0.00485. The third-order valence-electron chi connectivity index (χ3n) is 5.10. The molecule has 0 saturated heterocycles. The normalized spacial score (nSPS) is 15.6. The zero-order valence-corrected chi connectivity index (χ0v) is 19.0. The van der Waals surface area contributed by atoms with Crippen LogP contribution >= 0.6 is 11.3 Å². The number of fused-ring (bicyclic) bond motifs is 3. The second-order valence-electron chi connectivity index (χ2n) is 9.08. The summed E-state index contributed by atoms with van der Waals surface area (Å²) < 4.78 is 5.59. The Morgan fingerprint density at radius 1 is 1.14 bits per heavy atom. The molecular formula is C22H35N3O3S. The fraction of sp³-hybridized carbons (Fsp3) is 0.727. The van der Waals surface area contributed by atoms with Crippen LogP contribution in [0.1, 0.15) is 56.8 Å². The minimum Gasteiger partial charge on any atom is -0.389 e. The van der Waals surface area contributed by atoms with Crippen molar-refractivity contribution in [2.24, 2.45) is 11.8 Å². The molecule has 0 saturated carbocycles. The van der Waals surface area contributed by atoms with Gasteiger partial charge in [-0.15, -0.1) is 11.3 Å². The standard InChI is InChI=1S/C22H35N3O3S/c1-14(2)9-25(10-16(26)13-28-12-15(3)4)11-19-23-21(27)20-17-7-5-6-8-18(17)29-22(20)24-19/h14-16,26H,5-13H2,1-4H3,(H,23,24,27)/t16-/m1/s1. The summed E-state index contributed by atoms with van der Waals surface area (Å²) in [6.07, 6.45) is 3.84. The summed E-state index contributed by atoms with van der Waals surface area (Å²) >= 11 is 1.68. The van der Waals surface area contributed by atoms with Crippen LogP contribution in [0.4, 0.5) is 0 Å². The number of hydrogen-bond donors (Lipinski definition) is 2. The summed E-state index contributed by atoms with van der Waals surface area (Å²) in [4.78, 5) is 24.9. The van der Waals surface area contributed by atoms with Gasteiger partial charge in [-0.3, -0.25) is 9.69 Å². The van der Waals surface area contributed by atoms with Gasteiger partial charge in [-0.1, -0.05) is 27.7 Å². The van der Waals surface area contributed by atoms with E-state index in [1.165, 1.54) is 16.9 Å². The van der Waals surface area contributed by atoms with Gasteiger partial charge in [0, 0.05) is 24.6 Å². The van der Waals surface area contributed by atoms with Crippen LogP contribution in [-0.2, 0) is 24.1 Å². The van der Waals surface area contributed by atoms with E-state index < -0.39 is 6.10 Å². The first-order valence-corrected chi connectivity index (χ1v) is 11.7. The van der Waals surface area contributed by atoms with Gasteiger partial charge >= 0.3 is 0 Å². The van der Waals surface area contributed by atoms with Crippen molar-refractivity contribution in [3.63, 3.8) is 0 Å². The highest BCUT2D eigenvalue weighted by molar-refractivity contribution is 7.18. The third kappa shape index (κ3) is 6.10. The Morgan fingerprint density at radius 2 is 1.90 bits per heavy atom. The second-order valence-corrected chi connectivity index (χ2v) is 10.2. The van der Waals surface area contributed by atoms with Crippen molar-refractivity contribution in [1.82, 2.24) is 14.9 Å². The van der Waals surface area contributed by atoms with E-state index in [9.17, 15) is 9.90 Å². The number of ether oxygens (including phenoxy) is 1. The van der Waals surface area contributed by atoms with Gasteiger partial charge in [0.15, 0.2) is 0 Å². The van der Waals surface area contributed by atoms with Crippen molar-refractivity contribution >= 4 is 21.6 Å². The number of aliphatic hydroxyl groups excluding tert-OH is 1. The van der Waals surface area contributed by atoms with Crippen LogP contribution in [0, 0.1) is 11.8 Å². The molecular weight excluding hydrogens is 386 g/mol. The van der Waals surface area contributed by atoms with Gasteiger partial charge in [-0.25, -0.2) is 4.98 Å². The molecule has 0 radical (unpaired) electrons. The third-order valence-corrected chi connectivity index (χ3v) is 6.29. The molecule has 2 aromatic rings. The molecule has 0 fully saturated rings. The number of hydrogen-bond acceptors (Lipinski definition) is 6. The Bertz CT molecular complexity index is 859. The van der Waals surface area contributed by atoms with Crippen molar-refractivity contribution in [3.05, 3.63) is 26.6 Å². The Balaban J connectivity index is 1.73. The Hall–Kier alpha value is -1.28. The molecule has 0 unspecified atom stereocenters. The summed E-state index contributed by atoms with van der Waals surface area (Å²) in [5, 5.41) is 11.2. The quantitative estimate of drug-likeness (QED) is 0.615. The van der Waals surface area contributed by atoms with E-state index in [4.69, 9.17) is 9.72 Å². The molecule has 29 heavy (non-hydrogen) atoms. The fourth-order valence-corrected chi connectivity index (χ4v) is 5.29. The van der Waals surface area contributed by atoms with Crippen LogP contribution in [0.15, 0.2) is 4.79 Å². The van der Waals surface area contributed by atoms with Crippen LogP contribution in [0.2, 0.25) is 0 Å². The number of thiophene rings is 1. The van der Waals surface area contributed by atoms with E-state index in [2.05, 4.69) is 37.6 Å². The molecule has 6 nitrogen and oxygen atoms in total. The van der Waals surface area contributed by atoms with E-state index >= 15 is 0 Å². The van der Waals surface area contributed by atoms with Crippen molar-refractivity contribution in [3.8, 4) is 0 Å². The van der Waals surface area contributed by atoms with Gasteiger partial charge in [0.1, 0.15) is 10.7 Å². The van der Waals surface area contributed by atoms with Crippen molar-refractivity contribution in [1.29, 1.82) is 0 Å². The molecule has 7 heteroatoms. The molecule has 0 amide bonds.